The van der Waals surface area contributed by atoms with Gasteiger partial charge in [0.05, 0.1) is 0 Å². The quantitative estimate of drug-likeness (QED) is 0.413. The van der Waals surface area contributed by atoms with Gasteiger partial charge in [-0.1, -0.05) is 99.6 Å². The molecular weight excluding hydrogens is 389 g/mol. The number of hydrogen-bond donors (Lipinski definition) is 0. The van der Waals surface area contributed by atoms with Gasteiger partial charge in [-0.15, -0.1) is 0 Å². The van der Waals surface area contributed by atoms with Crippen LogP contribution in [0.25, 0.3) is 0 Å². The smallest absolute Gasteiger partial charge is 0 e. The molecule has 0 nitrogen and oxygen atoms in total. The van der Waals surface area contributed by atoms with Crippen LogP contribution in [-0.4, -0.2) is 0 Å². The molecule has 2 rings (SSSR count). The fourth-order valence-electron chi connectivity index (χ4n) is 1.37. The summed E-state index contributed by atoms with van der Waals surface area (Å²) in [6.45, 7) is 25.0. The number of rotatable bonds is 2. The number of benzene rings is 2. The minimum Gasteiger partial charge on any atom is -0.346 e. The summed E-state index contributed by atoms with van der Waals surface area (Å²) in [5.74, 6) is 0. The molecule has 0 saturated heterocycles. The molecule has 2 aromatic carbocycles. The van der Waals surface area contributed by atoms with Crippen LogP contribution in [0.15, 0.2) is 54.6 Å². The molecule has 0 aromatic heterocycles. The van der Waals surface area contributed by atoms with Crippen molar-refractivity contribution in [2.24, 2.45) is 0 Å². The van der Waals surface area contributed by atoms with Crippen LogP contribution >= 0.6 is 0 Å². The minimum atomic E-state index is 0. The largest absolute Gasteiger partial charge is 0.346 e. The van der Waals surface area contributed by atoms with Crippen molar-refractivity contribution in [1.82, 2.24) is 0 Å². The van der Waals surface area contributed by atoms with Crippen molar-refractivity contribution in [2.45, 2.75) is 82.6 Å². The molecule has 0 N–H and O–H groups in total. The van der Waals surface area contributed by atoms with Crippen LogP contribution in [-0.2, 0) is 39.1 Å². The monoisotopic (exact) mass is 435 g/mol. The van der Waals surface area contributed by atoms with E-state index in [9.17, 15) is 0 Å². The Kier molecular flexibility index (Phi) is 77.0. The van der Waals surface area contributed by atoms with Crippen molar-refractivity contribution < 1.29 is 32.7 Å². The molecule has 151 valence electrons. The van der Waals surface area contributed by atoms with E-state index in [1.54, 1.807) is 6.92 Å². The summed E-state index contributed by atoms with van der Waals surface area (Å²) in [6.07, 6.45) is 1.01. The van der Waals surface area contributed by atoms with Gasteiger partial charge in [0.2, 0.25) is 0 Å². The topological polar surface area (TPSA) is 0 Å². The number of hydrogen-bond acceptors (Lipinski definition) is 0. The maximum absolute atomic E-state index is 3.25. The second kappa shape index (κ2) is 49.7. The zero-order valence-corrected chi connectivity index (χ0v) is 22.5. The molecule has 0 unspecified atom stereocenters. The summed E-state index contributed by atoms with van der Waals surface area (Å²) in [5.41, 5.74) is 2.69. The fraction of sp³-hybridized carbons (Fsp3) is 0.480. The Bertz CT molecular complexity index is 317. The molecule has 0 heterocycles. The standard InChI is InChI=1S/C13H11.5C2H6.C2H5.Y/c1-3-7-12(8-4-1)11-13-9-5-2-6-10-13;6*1-2;/h1,3-10H,11H2;5*1-2H3;1H2,2H3;/q-1;;;;;;-1;. The van der Waals surface area contributed by atoms with Crippen molar-refractivity contribution in [3.8, 4) is 0 Å². The molecule has 0 spiro atoms. The molecule has 0 fully saturated rings. The van der Waals surface area contributed by atoms with Crippen molar-refractivity contribution in [2.75, 3.05) is 0 Å². The Morgan fingerprint density at radius 1 is 0.577 bits per heavy atom. The van der Waals surface area contributed by atoms with Gasteiger partial charge in [-0.3, -0.25) is 0 Å². The molecule has 2 aromatic rings. The van der Waals surface area contributed by atoms with Crippen LogP contribution in [0.3, 0.4) is 0 Å². The summed E-state index contributed by atoms with van der Waals surface area (Å²) < 4.78 is 0. The second-order valence-corrected chi connectivity index (χ2v) is 3.07. The van der Waals surface area contributed by atoms with Gasteiger partial charge in [-0.05, 0) is 12.0 Å². The van der Waals surface area contributed by atoms with Crippen molar-refractivity contribution in [3.05, 3.63) is 78.7 Å². The molecule has 0 aliphatic rings. The molecular formula is C25H46Y-2. The second-order valence-electron chi connectivity index (χ2n) is 3.07. The molecule has 0 atom stereocenters. The van der Waals surface area contributed by atoms with E-state index in [-0.39, 0.29) is 32.7 Å². The van der Waals surface area contributed by atoms with Gasteiger partial charge in [0.25, 0.3) is 0 Å². The Labute approximate surface area is 193 Å². The predicted octanol–water partition coefficient (Wildman–Crippen LogP) is 9.05. The Balaban J connectivity index is -0.0000000663. The molecule has 0 bridgehead atoms. The first-order chi connectivity index (χ1) is 12.4. The van der Waals surface area contributed by atoms with Crippen LogP contribution in [0.4, 0.5) is 0 Å². The Morgan fingerprint density at radius 2 is 0.885 bits per heavy atom. The van der Waals surface area contributed by atoms with Crippen LogP contribution in [0.1, 0.15) is 87.3 Å². The van der Waals surface area contributed by atoms with E-state index in [1.807, 2.05) is 87.4 Å². The Morgan fingerprint density at radius 3 is 1.23 bits per heavy atom. The maximum Gasteiger partial charge on any atom is 0 e. The zero-order chi connectivity index (χ0) is 20.9. The first kappa shape index (κ1) is 40.3. The zero-order valence-electron chi connectivity index (χ0n) is 19.7. The summed E-state index contributed by atoms with van der Waals surface area (Å²) in [4.78, 5) is 0. The van der Waals surface area contributed by atoms with Gasteiger partial charge in [0.1, 0.15) is 0 Å². The van der Waals surface area contributed by atoms with Gasteiger partial charge in [0.15, 0.2) is 0 Å². The third-order valence-corrected chi connectivity index (χ3v) is 2.04. The molecule has 1 radical (unpaired) electrons. The van der Waals surface area contributed by atoms with Crippen molar-refractivity contribution in [1.29, 1.82) is 0 Å². The third kappa shape index (κ3) is 31.3. The minimum absolute atomic E-state index is 0. The summed E-state index contributed by atoms with van der Waals surface area (Å²) in [7, 11) is 0. The third-order valence-electron chi connectivity index (χ3n) is 2.04. The molecule has 0 amide bonds. The molecule has 1 heteroatoms. The first-order valence-corrected chi connectivity index (χ1v) is 10.1. The molecule has 0 aliphatic heterocycles. The van der Waals surface area contributed by atoms with E-state index in [2.05, 4.69) is 49.4 Å². The normalized spacial score (nSPS) is 6.31. The van der Waals surface area contributed by atoms with Crippen molar-refractivity contribution in [3.63, 3.8) is 0 Å². The van der Waals surface area contributed by atoms with E-state index in [4.69, 9.17) is 0 Å². The van der Waals surface area contributed by atoms with E-state index in [0.717, 1.165) is 6.42 Å². The van der Waals surface area contributed by atoms with Gasteiger partial charge in [-0.2, -0.15) is 42.8 Å². The molecule has 26 heavy (non-hydrogen) atoms. The van der Waals surface area contributed by atoms with Gasteiger partial charge < -0.3 is 6.92 Å². The van der Waals surface area contributed by atoms with Crippen LogP contribution in [0.2, 0.25) is 0 Å². The first-order valence-electron chi connectivity index (χ1n) is 10.1. The Hall–Kier alpha value is -0.456. The van der Waals surface area contributed by atoms with E-state index < -0.39 is 0 Å². The van der Waals surface area contributed by atoms with Crippen molar-refractivity contribution >= 4 is 0 Å². The van der Waals surface area contributed by atoms with E-state index in [1.165, 1.54) is 11.1 Å². The molecule has 0 saturated carbocycles. The van der Waals surface area contributed by atoms with Crippen LogP contribution in [0.5, 0.6) is 0 Å². The van der Waals surface area contributed by atoms with E-state index in [0.29, 0.717) is 0 Å². The summed E-state index contributed by atoms with van der Waals surface area (Å²) in [6, 6.07) is 21.6. The average Bonchev–Trinajstić information content (AvgIpc) is 2.78. The predicted molar refractivity (Wildman–Crippen MR) is 122 cm³/mol. The van der Waals surface area contributed by atoms with E-state index >= 15 is 0 Å². The molecule has 0 aliphatic carbocycles. The van der Waals surface area contributed by atoms with Crippen LogP contribution in [0, 0.1) is 13.0 Å². The fourth-order valence-corrected chi connectivity index (χ4v) is 1.37. The summed E-state index contributed by atoms with van der Waals surface area (Å²) >= 11 is 0. The maximum atomic E-state index is 3.25. The summed E-state index contributed by atoms with van der Waals surface area (Å²) in [5, 5.41) is 0. The van der Waals surface area contributed by atoms with Crippen LogP contribution < -0.4 is 0 Å². The van der Waals surface area contributed by atoms with Gasteiger partial charge in [0, 0.05) is 32.7 Å². The SMILES string of the molecule is CC.CC.CC.CC.CC.[CH2-]C.[Y].[c-]1ccc(Cc2ccccc2)cc1. The van der Waals surface area contributed by atoms with Gasteiger partial charge in [-0.25, -0.2) is 0 Å². The average molecular weight is 436 g/mol. The van der Waals surface area contributed by atoms with Gasteiger partial charge >= 0.3 is 0 Å².